The van der Waals surface area contributed by atoms with Gasteiger partial charge in [-0.25, -0.2) is 0 Å². The van der Waals surface area contributed by atoms with Crippen molar-refractivity contribution in [2.45, 2.75) is 52.4 Å². The summed E-state index contributed by atoms with van der Waals surface area (Å²) in [6, 6.07) is 15.9. The first kappa shape index (κ1) is 16.4. The van der Waals surface area contributed by atoms with Crippen molar-refractivity contribution in [3.63, 3.8) is 0 Å². The SMILES string of the molecule is CC(C)(C)C1CCC(c2ccc3c4ccccc4n(I)c3c2)CC1. The van der Waals surface area contributed by atoms with E-state index in [1.165, 1.54) is 53.1 Å². The Balaban J connectivity index is 1.67. The van der Waals surface area contributed by atoms with Crippen LogP contribution in [0.2, 0.25) is 0 Å². The lowest BCUT2D eigenvalue weighted by Crippen LogP contribution is -2.25. The zero-order valence-corrected chi connectivity index (χ0v) is 17.0. The lowest BCUT2D eigenvalue weighted by atomic mass is 9.68. The van der Waals surface area contributed by atoms with Gasteiger partial charge in [-0.1, -0.05) is 51.1 Å². The number of nitrogens with zero attached hydrogens (tertiary/aromatic N) is 1. The largest absolute Gasteiger partial charge is 0.282 e. The predicted molar refractivity (Wildman–Crippen MR) is 113 cm³/mol. The highest BCUT2D eigenvalue weighted by Crippen LogP contribution is 2.44. The van der Waals surface area contributed by atoms with Crippen molar-refractivity contribution >= 4 is 44.7 Å². The van der Waals surface area contributed by atoms with Crippen molar-refractivity contribution < 1.29 is 0 Å². The molecular formula is C22H26IN. The van der Waals surface area contributed by atoms with E-state index in [0.717, 1.165) is 11.8 Å². The molecule has 2 aromatic carbocycles. The van der Waals surface area contributed by atoms with Crippen LogP contribution in [0.3, 0.4) is 0 Å². The molecule has 0 atom stereocenters. The van der Waals surface area contributed by atoms with Gasteiger partial charge in [-0.05, 0) is 60.6 Å². The van der Waals surface area contributed by atoms with Crippen LogP contribution < -0.4 is 0 Å². The summed E-state index contributed by atoms with van der Waals surface area (Å²) in [6.45, 7) is 7.20. The number of rotatable bonds is 1. The fraction of sp³-hybridized carbons (Fsp3) is 0.455. The second-order valence-corrected chi connectivity index (χ2v) is 9.45. The van der Waals surface area contributed by atoms with Crippen molar-refractivity contribution in [2.24, 2.45) is 11.3 Å². The minimum atomic E-state index is 0.462. The van der Waals surface area contributed by atoms with E-state index in [4.69, 9.17) is 0 Å². The van der Waals surface area contributed by atoms with E-state index >= 15 is 0 Å². The van der Waals surface area contributed by atoms with Crippen molar-refractivity contribution in [1.29, 1.82) is 0 Å². The molecule has 126 valence electrons. The summed E-state index contributed by atoms with van der Waals surface area (Å²) >= 11 is 2.45. The van der Waals surface area contributed by atoms with E-state index in [0.29, 0.717) is 5.41 Å². The highest BCUT2D eigenvalue weighted by atomic mass is 127. The average molecular weight is 431 g/mol. The van der Waals surface area contributed by atoms with Crippen LogP contribution >= 0.6 is 22.9 Å². The monoisotopic (exact) mass is 431 g/mol. The first-order valence-electron chi connectivity index (χ1n) is 9.14. The molecule has 0 N–H and O–H groups in total. The first-order chi connectivity index (χ1) is 11.4. The molecule has 1 nitrogen and oxygen atoms in total. The van der Waals surface area contributed by atoms with Gasteiger partial charge in [0.25, 0.3) is 0 Å². The Morgan fingerprint density at radius 3 is 2.25 bits per heavy atom. The van der Waals surface area contributed by atoms with Gasteiger partial charge in [0, 0.05) is 10.8 Å². The highest BCUT2D eigenvalue weighted by Gasteiger charge is 2.30. The summed E-state index contributed by atoms with van der Waals surface area (Å²) in [7, 11) is 0. The van der Waals surface area contributed by atoms with Gasteiger partial charge in [0.1, 0.15) is 0 Å². The maximum absolute atomic E-state index is 2.45. The fourth-order valence-corrected chi connectivity index (χ4v) is 5.31. The van der Waals surface area contributed by atoms with Crippen molar-refractivity contribution in [3.05, 3.63) is 48.0 Å². The maximum atomic E-state index is 2.45. The Morgan fingerprint density at radius 2 is 1.54 bits per heavy atom. The van der Waals surface area contributed by atoms with Crippen LogP contribution in [-0.4, -0.2) is 2.78 Å². The Bertz CT molecular complexity index is 876. The van der Waals surface area contributed by atoms with Crippen molar-refractivity contribution in [1.82, 2.24) is 2.78 Å². The molecular weight excluding hydrogens is 405 g/mol. The molecule has 0 saturated heterocycles. The van der Waals surface area contributed by atoms with Gasteiger partial charge >= 0.3 is 0 Å². The third-order valence-corrected chi connectivity index (χ3v) is 7.10. The van der Waals surface area contributed by atoms with Crippen LogP contribution in [-0.2, 0) is 0 Å². The van der Waals surface area contributed by atoms with E-state index in [1.54, 1.807) is 0 Å². The molecule has 1 aromatic heterocycles. The van der Waals surface area contributed by atoms with E-state index in [1.807, 2.05) is 0 Å². The summed E-state index contributed by atoms with van der Waals surface area (Å²) in [5.41, 5.74) is 4.69. The summed E-state index contributed by atoms with van der Waals surface area (Å²) < 4.78 is 2.33. The van der Waals surface area contributed by atoms with Gasteiger partial charge in [0.2, 0.25) is 0 Å². The number of hydrogen-bond donors (Lipinski definition) is 0. The Kier molecular flexibility index (Phi) is 4.14. The van der Waals surface area contributed by atoms with Crippen molar-refractivity contribution in [2.75, 3.05) is 0 Å². The molecule has 2 heteroatoms. The second-order valence-electron chi connectivity index (χ2n) is 8.49. The summed E-state index contributed by atoms with van der Waals surface area (Å²) in [5, 5.41) is 2.75. The summed E-state index contributed by atoms with van der Waals surface area (Å²) in [6.07, 6.45) is 5.43. The minimum absolute atomic E-state index is 0.462. The average Bonchev–Trinajstić information content (AvgIpc) is 2.87. The Morgan fingerprint density at radius 1 is 0.875 bits per heavy atom. The van der Waals surface area contributed by atoms with Crippen LogP contribution in [0.15, 0.2) is 42.5 Å². The van der Waals surface area contributed by atoms with Crippen LogP contribution in [0.5, 0.6) is 0 Å². The molecule has 1 heterocycles. The molecule has 1 aliphatic carbocycles. The topological polar surface area (TPSA) is 4.93 Å². The molecule has 0 bridgehead atoms. The Labute approximate surface area is 158 Å². The van der Waals surface area contributed by atoms with E-state index < -0.39 is 0 Å². The van der Waals surface area contributed by atoms with Crippen LogP contribution in [0.25, 0.3) is 21.8 Å². The third kappa shape index (κ3) is 2.77. The van der Waals surface area contributed by atoms with Gasteiger partial charge in [0.15, 0.2) is 0 Å². The van der Waals surface area contributed by atoms with Crippen molar-refractivity contribution in [3.8, 4) is 0 Å². The number of benzene rings is 2. The quantitative estimate of drug-likeness (QED) is 0.356. The smallest absolute Gasteiger partial charge is 0.0646 e. The maximum Gasteiger partial charge on any atom is 0.0646 e. The predicted octanol–water partition coefficient (Wildman–Crippen LogP) is 7.31. The molecule has 0 amide bonds. The molecule has 0 radical (unpaired) electrons. The van der Waals surface area contributed by atoms with Crippen LogP contribution in [0, 0.1) is 11.3 Å². The number of hydrogen-bond acceptors (Lipinski definition) is 0. The third-order valence-electron chi connectivity index (χ3n) is 6.06. The summed E-state index contributed by atoms with van der Waals surface area (Å²) in [5.74, 6) is 1.62. The molecule has 0 aliphatic heterocycles. The van der Waals surface area contributed by atoms with Gasteiger partial charge in [-0.15, -0.1) is 0 Å². The normalized spacial score (nSPS) is 22.3. The van der Waals surface area contributed by atoms with Gasteiger partial charge in [0.05, 0.1) is 33.9 Å². The lowest BCUT2D eigenvalue weighted by Gasteiger charge is -2.37. The highest BCUT2D eigenvalue weighted by molar-refractivity contribution is 14.1. The molecule has 24 heavy (non-hydrogen) atoms. The second kappa shape index (κ2) is 6.05. The molecule has 1 saturated carbocycles. The molecule has 1 aliphatic rings. The number of fused-ring (bicyclic) bond motifs is 3. The Hall–Kier alpha value is -1.03. The lowest BCUT2D eigenvalue weighted by molar-refractivity contribution is 0.169. The zero-order valence-electron chi connectivity index (χ0n) is 14.8. The molecule has 0 spiro atoms. The van der Waals surface area contributed by atoms with E-state index in [9.17, 15) is 0 Å². The van der Waals surface area contributed by atoms with Crippen LogP contribution in [0.1, 0.15) is 57.9 Å². The number of aromatic nitrogens is 1. The molecule has 0 unspecified atom stereocenters. The summed E-state index contributed by atoms with van der Waals surface area (Å²) in [4.78, 5) is 0. The van der Waals surface area contributed by atoms with Gasteiger partial charge in [-0.2, -0.15) is 0 Å². The first-order valence-corrected chi connectivity index (χ1v) is 10.1. The zero-order chi connectivity index (χ0) is 16.9. The number of para-hydroxylation sites is 1. The standard InChI is InChI=1S/C22H26IN/c1-22(2,3)17-11-8-15(9-12-17)16-10-13-19-18-6-4-5-7-20(18)24(23)21(19)14-16/h4-7,10,13-15,17H,8-9,11-12H2,1-3H3. The van der Waals surface area contributed by atoms with Crippen LogP contribution in [0.4, 0.5) is 0 Å². The fourth-order valence-electron chi connectivity index (χ4n) is 4.49. The molecule has 1 fully saturated rings. The number of halogens is 1. The minimum Gasteiger partial charge on any atom is -0.282 e. The van der Waals surface area contributed by atoms with Gasteiger partial charge < -0.3 is 0 Å². The molecule has 4 rings (SSSR count). The van der Waals surface area contributed by atoms with E-state index in [2.05, 4.69) is 88.9 Å². The molecule has 3 aromatic rings. The van der Waals surface area contributed by atoms with Gasteiger partial charge in [-0.3, -0.25) is 2.78 Å². The van der Waals surface area contributed by atoms with E-state index in [-0.39, 0.29) is 0 Å².